The summed E-state index contributed by atoms with van der Waals surface area (Å²) < 4.78 is 0. The molecule has 2 fully saturated rings. The third kappa shape index (κ3) is 3.50. The number of aliphatic hydroxyl groups is 3. The number of rotatable bonds is 4. The van der Waals surface area contributed by atoms with Crippen molar-refractivity contribution >= 4 is 17.3 Å². The summed E-state index contributed by atoms with van der Waals surface area (Å²) in [5, 5.41) is 34.0. The van der Waals surface area contributed by atoms with Crippen LogP contribution in [-0.2, 0) is 14.4 Å². The number of ketones is 3. The summed E-state index contributed by atoms with van der Waals surface area (Å²) in [7, 11) is 0. The zero-order valence-corrected chi connectivity index (χ0v) is 20.4. The fourth-order valence-corrected chi connectivity index (χ4v) is 6.39. The van der Waals surface area contributed by atoms with Crippen molar-refractivity contribution in [1.29, 1.82) is 0 Å². The van der Waals surface area contributed by atoms with Crippen LogP contribution in [0.3, 0.4) is 0 Å². The first-order chi connectivity index (χ1) is 14.5. The predicted molar refractivity (Wildman–Crippen MR) is 121 cm³/mol. The van der Waals surface area contributed by atoms with E-state index in [0.29, 0.717) is 12.8 Å². The quantitative estimate of drug-likeness (QED) is 0.344. The van der Waals surface area contributed by atoms with Gasteiger partial charge in [-0.1, -0.05) is 25.5 Å². The van der Waals surface area contributed by atoms with E-state index in [9.17, 15) is 29.7 Å². The molecule has 32 heavy (non-hydrogen) atoms. The summed E-state index contributed by atoms with van der Waals surface area (Å²) in [6.45, 7) is 11.9. The normalized spacial score (nSPS) is 41.9. The van der Waals surface area contributed by atoms with Gasteiger partial charge in [-0.05, 0) is 78.6 Å². The Labute approximate surface area is 190 Å². The van der Waals surface area contributed by atoms with Crippen molar-refractivity contribution in [2.75, 3.05) is 0 Å². The Kier molecular flexibility index (Phi) is 5.92. The van der Waals surface area contributed by atoms with E-state index >= 15 is 0 Å². The molecule has 178 valence electrons. The monoisotopic (exact) mass is 446 g/mol. The lowest BCUT2D eigenvalue weighted by atomic mass is 9.49. The molecule has 0 unspecified atom stereocenters. The van der Waals surface area contributed by atoms with E-state index in [-0.39, 0.29) is 30.8 Å². The molecule has 0 amide bonds. The third-order valence-electron chi connectivity index (χ3n) is 8.32. The summed E-state index contributed by atoms with van der Waals surface area (Å²) in [5.41, 5.74) is -4.94. The van der Waals surface area contributed by atoms with Crippen molar-refractivity contribution in [3.63, 3.8) is 0 Å². The number of aliphatic hydroxyl groups excluding tert-OH is 1. The van der Waals surface area contributed by atoms with Crippen molar-refractivity contribution in [2.45, 2.75) is 91.8 Å². The van der Waals surface area contributed by atoms with Crippen LogP contribution in [0.15, 0.2) is 23.0 Å². The second-order valence-electron chi connectivity index (χ2n) is 11.6. The van der Waals surface area contributed by atoms with Crippen molar-refractivity contribution < 1.29 is 29.7 Å². The Bertz CT molecular complexity index is 917. The van der Waals surface area contributed by atoms with Crippen molar-refractivity contribution in [2.24, 2.45) is 28.6 Å². The maximum atomic E-state index is 14.1. The van der Waals surface area contributed by atoms with Crippen LogP contribution in [0.1, 0.15) is 80.6 Å². The highest BCUT2D eigenvalue weighted by Crippen LogP contribution is 2.62. The molecule has 6 atom stereocenters. The van der Waals surface area contributed by atoms with Crippen LogP contribution in [0, 0.1) is 28.6 Å². The van der Waals surface area contributed by atoms with Gasteiger partial charge in [0, 0.05) is 5.92 Å². The number of hydrogen-bond acceptors (Lipinski definition) is 6. The molecular formula is C26H38O6. The summed E-state index contributed by atoms with van der Waals surface area (Å²) >= 11 is 0. The van der Waals surface area contributed by atoms with E-state index in [2.05, 4.69) is 0 Å². The molecule has 3 aliphatic carbocycles. The fraction of sp³-hybridized carbons (Fsp3) is 0.731. The molecule has 3 aliphatic rings. The van der Waals surface area contributed by atoms with Gasteiger partial charge in [0.05, 0.1) is 22.0 Å². The van der Waals surface area contributed by atoms with Gasteiger partial charge >= 0.3 is 0 Å². The highest BCUT2D eigenvalue weighted by molar-refractivity contribution is 6.31. The van der Waals surface area contributed by atoms with Crippen LogP contribution in [0.2, 0.25) is 0 Å². The summed E-state index contributed by atoms with van der Waals surface area (Å²) in [6.07, 6.45) is 3.05. The van der Waals surface area contributed by atoms with Crippen LogP contribution in [0.4, 0.5) is 0 Å². The van der Waals surface area contributed by atoms with E-state index in [1.807, 2.05) is 13.8 Å². The molecule has 0 saturated heterocycles. The Morgan fingerprint density at radius 2 is 1.69 bits per heavy atom. The van der Waals surface area contributed by atoms with Gasteiger partial charge < -0.3 is 15.3 Å². The molecule has 0 heterocycles. The Balaban J connectivity index is 2.29. The molecule has 0 aromatic heterocycles. The van der Waals surface area contributed by atoms with E-state index in [1.165, 1.54) is 0 Å². The Hall–Kier alpha value is -1.79. The Morgan fingerprint density at radius 1 is 1.09 bits per heavy atom. The minimum absolute atomic E-state index is 0.0749. The van der Waals surface area contributed by atoms with E-state index in [4.69, 9.17) is 0 Å². The van der Waals surface area contributed by atoms with E-state index < -0.39 is 57.0 Å². The summed E-state index contributed by atoms with van der Waals surface area (Å²) in [4.78, 5) is 40.8. The predicted octanol–water partition coefficient (Wildman–Crippen LogP) is 3.85. The number of carbonyl (C=O) groups is 3. The SMILES string of the molecule is CC(C)=CC[C@@]1(C)C(=O)C(C(=O)C(C)C)=C(O)[C@@]2(C[C@H]3[C@@H](CC[C@@]3(C)O)[C@](C)(O)C2)C1=O. The number of hydrogen-bond donors (Lipinski definition) is 3. The van der Waals surface area contributed by atoms with Gasteiger partial charge in [-0.3, -0.25) is 14.4 Å². The molecule has 2 saturated carbocycles. The van der Waals surface area contributed by atoms with Gasteiger partial charge in [-0.15, -0.1) is 0 Å². The number of allylic oxidation sites excluding steroid dienone is 4. The van der Waals surface area contributed by atoms with Crippen molar-refractivity contribution in [3.8, 4) is 0 Å². The number of fused-ring (bicyclic) bond motifs is 1. The largest absolute Gasteiger partial charge is 0.510 e. The topological polar surface area (TPSA) is 112 Å². The van der Waals surface area contributed by atoms with Crippen molar-refractivity contribution in [1.82, 2.24) is 0 Å². The molecular weight excluding hydrogens is 408 g/mol. The minimum atomic E-state index is -1.59. The van der Waals surface area contributed by atoms with E-state index in [1.54, 1.807) is 40.7 Å². The maximum Gasteiger partial charge on any atom is 0.183 e. The molecule has 0 aromatic carbocycles. The second-order valence-corrected chi connectivity index (χ2v) is 11.6. The fourth-order valence-electron chi connectivity index (χ4n) is 6.39. The van der Waals surface area contributed by atoms with Crippen LogP contribution < -0.4 is 0 Å². The third-order valence-corrected chi connectivity index (χ3v) is 8.32. The molecule has 0 radical (unpaired) electrons. The number of Topliss-reactive ketones (excluding diaryl/α,β-unsaturated/α-hetero) is 3. The molecule has 6 heteroatoms. The lowest BCUT2D eigenvalue weighted by molar-refractivity contribution is -0.167. The van der Waals surface area contributed by atoms with E-state index in [0.717, 1.165) is 5.57 Å². The van der Waals surface area contributed by atoms with Crippen LogP contribution >= 0.6 is 0 Å². The molecule has 0 bridgehead atoms. The lowest BCUT2D eigenvalue weighted by Gasteiger charge is -2.54. The Morgan fingerprint density at radius 3 is 2.22 bits per heavy atom. The molecule has 3 N–H and O–H groups in total. The van der Waals surface area contributed by atoms with Crippen LogP contribution in [0.5, 0.6) is 0 Å². The van der Waals surface area contributed by atoms with Crippen LogP contribution in [-0.4, -0.2) is 43.9 Å². The molecule has 6 nitrogen and oxygen atoms in total. The zero-order chi connectivity index (χ0) is 24.4. The average Bonchev–Trinajstić information content (AvgIpc) is 2.99. The smallest absolute Gasteiger partial charge is 0.183 e. The van der Waals surface area contributed by atoms with Crippen molar-refractivity contribution in [3.05, 3.63) is 23.0 Å². The van der Waals surface area contributed by atoms with Gasteiger partial charge in [-0.25, -0.2) is 0 Å². The second kappa shape index (κ2) is 7.63. The first-order valence-electron chi connectivity index (χ1n) is 11.7. The minimum Gasteiger partial charge on any atom is -0.510 e. The van der Waals surface area contributed by atoms with Gasteiger partial charge in [-0.2, -0.15) is 0 Å². The van der Waals surface area contributed by atoms with Gasteiger partial charge in [0.2, 0.25) is 0 Å². The maximum absolute atomic E-state index is 14.1. The standard InChI is InChI=1S/C26H38O6/c1-14(2)8-10-23(5)20(28)18(19(27)15(3)4)21(29)26(22(23)30)12-17-16(25(7,32)13-26)9-11-24(17,6)31/h8,15-17,29,31-32H,9-13H2,1-7H3/t16-,17+,23+,24-,25-,26+/m1/s1. The summed E-state index contributed by atoms with van der Waals surface area (Å²) in [6, 6.07) is 0. The summed E-state index contributed by atoms with van der Waals surface area (Å²) in [5.74, 6) is -3.33. The molecule has 0 aromatic rings. The highest BCUT2D eigenvalue weighted by atomic mass is 16.3. The lowest BCUT2D eigenvalue weighted by Crippen LogP contribution is -2.61. The van der Waals surface area contributed by atoms with Crippen LogP contribution in [0.25, 0.3) is 0 Å². The molecule has 3 rings (SSSR count). The average molecular weight is 447 g/mol. The van der Waals surface area contributed by atoms with Gasteiger partial charge in [0.15, 0.2) is 17.3 Å². The number of carbonyl (C=O) groups excluding carboxylic acids is 3. The van der Waals surface area contributed by atoms with Gasteiger partial charge in [0.1, 0.15) is 11.3 Å². The highest BCUT2D eigenvalue weighted by Gasteiger charge is 2.68. The first kappa shape index (κ1) is 24.8. The zero-order valence-electron chi connectivity index (χ0n) is 20.4. The first-order valence-corrected chi connectivity index (χ1v) is 11.7. The molecule has 0 aliphatic heterocycles. The molecule has 1 spiro atoms. The van der Waals surface area contributed by atoms with Gasteiger partial charge in [0.25, 0.3) is 0 Å².